The number of unbranched alkanes of at least 4 members (excludes halogenated alkanes) is 51. The molecule has 4 unspecified atom stereocenters. The lowest BCUT2D eigenvalue weighted by Crippen LogP contribution is -2.30. The van der Waals surface area contributed by atoms with Gasteiger partial charge in [0.25, 0.3) is 0 Å². The van der Waals surface area contributed by atoms with Gasteiger partial charge in [0.2, 0.25) is 0 Å². The minimum Gasteiger partial charge on any atom is -0.462 e. The Balaban J connectivity index is 5.24. The fraction of sp³-hybridized carbons (Fsp3) is 0.952. The normalized spacial score (nSPS) is 14.4. The number of rotatable bonds is 83. The molecule has 0 spiro atoms. The fourth-order valence-corrected chi connectivity index (χ4v) is 14.6. The molecule has 0 bridgehead atoms. The molecule has 0 saturated carbocycles. The number of carbonyl (C=O) groups excluding carboxylic acids is 4. The summed E-state index contributed by atoms with van der Waals surface area (Å²) in [7, 11) is -9.93. The van der Waals surface area contributed by atoms with Crippen LogP contribution >= 0.6 is 15.6 Å². The second-order valence-electron chi connectivity index (χ2n) is 30.7. The molecule has 3 N–H and O–H groups in total. The van der Waals surface area contributed by atoms with Gasteiger partial charge >= 0.3 is 39.5 Å². The molecule has 17 nitrogen and oxygen atoms in total. The predicted octanol–water partition coefficient (Wildman–Crippen LogP) is 25.5. The van der Waals surface area contributed by atoms with Crippen molar-refractivity contribution in [2.24, 2.45) is 11.8 Å². The number of carbonyl (C=O) groups is 4. The molecule has 7 atom stereocenters. The number of phosphoric acid groups is 2. The largest absolute Gasteiger partial charge is 0.472 e. The molecule has 0 aliphatic rings. The third kappa shape index (κ3) is 75.3. The van der Waals surface area contributed by atoms with Crippen molar-refractivity contribution in [3.05, 3.63) is 0 Å². The first-order valence-electron chi connectivity index (χ1n) is 43.6. The highest BCUT2D eigenvalue weighted by Crippen LogP contribution is 2.45. The van der Waals surface area contributed by atoms with E-state index in [4.69, 9.17) is 37.0 Å². The van der Waals surface area contributed by atoms with Crippen LogP contribution in [0.1, 0.15) is 446 Å². The minimum atomic E-state index is -4.96. The van der Waals surface area contributed by atoms with Crippen molar-refractivity contribution in [2.45, 2.75) is 464 Å². The van der Waals surface area contributed by atoms with Gasteiger partial charge < -0.3 is 33.8 Å². The number of esters is 4. The summed E-state index contributed by atoms with van der Waals surface area (Å²) in [5.41, 5.74) is 0. The second-order valence-corrected chi connectivity index (χ2v) is 33.6. The maximum Gasteiger partial charge on any atom is 0.472 e. The predicted molar refractivity (Wildman–Crippen MR) is 423 cm³/mol. The Morgan fingerprint density at radius 2 is 0.466 bits per heavy atom. The number of hydrogen-bond acceptors (Lipinski definition) is 15. The highest BCUT2D eigenvalue weighted by molar-refractivity contribution is 7.47. The van der Waals surface area contributed by atoms with Crippen LogP contribution < -0.4 is 0 Å². The highest BCUT2D eigenvalue weighted by atomic mass is 31.2. The number of ether oxygens (including phenoxy) is 4. The Kier molecular flexibility index (Phi) is 74.1. The van der Waals surface area contributed by atoms with Crippen LogP contribution in [0.15, 0.2) is 0 Å². The van der Waals surface area contributed by atoms with Crippen molar-refractivity contribution < 1.29 is 80.2 Å². The molecule has 0 aromatic rings. The third-order valence-electron chi connectivity index (χ3n) is 20.4. The SMILES string of the molecule is CCCCCCCCCCCCCCCCCCCCCCC(=O)O[C@H](COC(=O)CCCCCCCCCCCCCCCCCCCCC)COP(=O)(O)OC[C@@H](O)COP(=O)(O)OC[C@@H](COC(=O)CCCCCCCCCCC(C)CC)OC(=O)CCCCCCCCCCC(C)CC. The van der Waals surface area contributed by atoms with Crippen molar-refractivity contribution in [2.75, 3.05) is 39.6 Å². The van der Waals surface area contributed by atoms with Crippen molar-refractivity contribution in [3.63, 3.8) is 0 Å². The van der Waals surface area contributed by atoms with E-state index in [1.807, 2.05) is 0 Å². The summed E-state index contributed by atoms with van der Waals surface area (Å²) in [5.74, 6) is -0.560. The second kappa shape index (κ2) is 75.5. The maximum atomic E-state index is 13.1. The quantitative estimate of drug-likeness (QED) is 0.0222. The Morgan fingerprint density at radius 1 is 0.272 bits per heavy atom. The lowest BCUT2D eigenvalue weighted by molar-refractivity contribution is -0.161. The molecule has 0 aromatic carbocycles. The van der Waals surface area contributed by atoms with Gasteiger partial charge in [-0.05, 0) is 37.5 Å². The molecule has 0 heterocycles. The van der Waals surface area contributed by atoms with Gasteiger partial charge in [-0.15, -0.1) is 0 Å². The van der Waals surface area contributed by atoms with Crippen LogP contribution in [0, 0.1) is 11.8 Å². The van der Waals surface area contributed by atoms with Gasteiger partial charge in [-0.3, -0.25) is 37.3 Å². The van der Waals surface area contributed by atoms with Gasteiger partial charge in [-0.1, -0.05) is 395 Å². The molecular weight excluding hydrogens is 1340 g/mol. The van der Waals surface area contributed by atoms with Crippen molar-refractivity contribution in [1.29, 1.82) is 0 Å². The van der Waals surface area contributed by atoms with E-state index in [1.54, 1.807) is 0 Å². The number of aliphatic hydroxyl groups is 1. The molecule has 612 valence electrons. The fourth-order valence-electron chi connectivity index (χ4n) is 13.0. The Labute approximate surface area is 632 Å². The monoisotopic (exact) mass is 1510 g/mol. The van der Waals surface area contributed by atoms with E-state index in [0.29, 0.717) is 25.7 Å². The van der Waals surface area contributed by atoms with Gasteiger partial charge in [0.05, 0.1) is 26.4 Å². The average molecular weight is 1510 g/mol. The molecule has 103 heavy (non-hydrogen) atoms. The molecule has 19 heteroatoms. The molecule has 0 aliphatic carbocycles. The van der Waals surface area contributed by atoms with E-state index in [-0.39, 0.29) is 25.7 Å². The summed E-state index contributed by atoms with van der Waals surface area (Å²) >= 11 is 0. The third-order valence-corrected chi connectivity index (χ3v) is 22.3. The smallest absolute Gasteiger partial charge is 0.462 e. The summed E-state index contributed by atoms with van der Waals surface area (Å²) in [6, 6.07) is 0. The summed E-state index contributed by atoms with van der Waals surface area (Å²) in [4.78, 5) is 73.1. The Hall–Kier alpha value is -1.94. The first-order chi connectivity index (χ1) is 49.9. The zero-order valence-corrected chi connectivity index (χ0v) is 69.4. The Bertz CT molecular complexity index is 1980. The van der Waals surface area contributed by atoms with E-state index < -0.39 is 97.5 Å². The van der Waals surface area contributed by atoms with Gasteiger partial charge in [0.15, 0.2) is 12.2 Å². The summed E-state index contributed by atoms with van der Waals surface area (Å²) < 4.78 is 68.8. The van der Waals surface area contributed by atoms with E-state index in [0.717, 1.165) is 102 Å². The van der Waals surface area contributed by atoms with Gasteiger partial charge in [0, 0.05) is 25.7 Å². The number of phosphoric ester groups is 2. The van der Waals surface area contributed by atoms with E-state index in [9.17, 15) is 43.2 Å². The van der Waals surface area contributed by atoms with Crippen molar-refractivity contribution in [3.8, 4) is 0 Å². The first kappa shape index (κ1) is 101. The zero-order valence-electron chi connectivity index (χ0n) is 67.6. The van der Waals surface area contributed by atoms with Crippen molar-refractivity contribution >= 4 is 39.5 Å². The average Bonchev–Trinajstić information content (AvgIpc) is 0.924. The molecule has 0 amide bonds. The molecule has 0 rings (SSSR count). The maximum absolute atomic E-state index is 13.1. The van der Waals surface area contributed by atoms with Crippen LogP contribution in [0.2, 0.25) is 0 Å². The van der Waals surface area contributed by atoms with Gasteiger partial charge in [-0.25, -0.2) is 9.13 Å². The summed E-state index contributed by atoms with van der Waals surface area (Å²) in [6.45, 7) is 9.65. The number of aliphatic hydroxyl groups excluding tert-OH is 1. The van der Waals surface area contributed by atoms with Crippen molar-refractivity contribution in [1.82, 2.24) is 0 Å². The standard InChI is InChI=1S/C84H164O17P2/c1-7-11-13-15-17-19-21-23-25-27-29-31-33-35-37-39-41-50-56-62-68-83(88)100-79(72-94-81(86)66-60-54-48-40-38-36-34-32-30-28-26-24-22-20-18-16-14-12-8-2)74-98-102(90,91)96-70-78(85)71-97-103(92,93)99-75-80(101-84(89)69-63-57-51-45-43-47-53-59-65-77(6)10-4)73-95-82(87)67-61-55-49-44-42-46-52-58-64-76(5)9-3/h76-80,85H,7-75H2,1-6H3,(H,90,91)(H,92,93)/t76?,77?,78-,79-,80-/m1/s1. The Morgan fingerprint density at radius 3 is 0.689 bits per heavy atom. The molecule has 0 saturated heterocycles. The lowest BCUT2D eigenvalue weighted by atomic mass is 9.99. The van der Waals surface area contributed by atoms with E-state index >= 15 is 0 Å². The first-order valence-corrected chi connectivity index (χ1v) is 46.6. The number of hydrogen-bond donors (Lipinski definition) is 3. The molecule has 0 radical (unpaired) electrons. The van der Waals surface area contributed by atoms with Crippen LogP contribution in [-0.4, -0.2) is 96.7 Å². The van der Waals surface area contributed by atoms with Crippen LogP contribution in [-0.2, 0) is 65.4 Å². The van der Waals surface area contributed by atoms with Gasteiger partial charge in [-0.2, -0.15) is 0 Å². The molecular formula is C84H164O17P2. The zero-order chi connectivity index (χ0) is 75.6. The molecule has 0 aliphatic heterocycles. The summed E-state index contributed by atoms with van der Waals surface area (Å²) in [6.07, 6.45) is 66.7. The highest BCUT2D eigenvalue weighted by Gasteiger charge is 2.30. The summed E-state index contributed by atoms with van der Waals surface area (Å²) in [5, 5.41) is 10.7. The van der Waals surface area contributed by atoms with E-state index in [2.05, 4.69) is 41.5 Å². The topological polar surface area (TPSA) is 237 Å². The van der Waals surface area contributed by atoms with Crippen LogP contribution in [0.25, 0.3) is 0 Å². The molecule has 0 fully saturated rings. The van der Waals surface area contributed by atoms with Crippen LogP contribution in [0.3, 0.4) is 0 Å². The minimum absolute atomic E-state index is 0.105. The van der Waals surface area contributed by atoms with Crippen LogP contribution in [0.4, 0.5) is 0 Å². The molecule has 0 aromatic heterocycles. The van der Waals surface area contributed by atoms with E-state index in [1.165, 1.54) is 263 Å². The van der Waals surface area contributed by atoms with Crippen LogP contribution in [0.5, 0.6) is 0 Å². The lowest BCUT2D eigenvalue weighted by Gasteiger charge is -2.21. The van der Waals surface area contributed by atoms with Gasteiger partial charge in [0.1, 0.15) is 19.3 Å².